The van der Waals surface area contributed by atoms with E-state index in [0.29, 0.717) is 23.0 Å². The number of para-hydroxylation sites is 7. The number of hydrogen-bond donors (Lipinski definition) is 1. The molecule has 1 radical (unpaired) electrons. The first-order valence-corrected chi connectivity index (χ1v) is 19.6. The largest absolute Gasteiger partial charge is 0.449 e. The van der Waals surface area contributed by atoms with Crippen molar-refractivity contribution < 1.29 is 9.47 Å². The summed E-state index contributed by atoms with van der Waals surface area (Å²) in [7, 11) is 2.36. The molecule has 0 amide bonds. The molecule has 56 heavy (non-hydrogen) atoms. The predicted molar refractivity (Wildman–Crippen MR) is 231 cm³/mol. The van der Waals surface area contributed by atoms with Crippen molar-refractivity contribution in [1.29, 1.82) is 0 Å². The molecule has 0 saturated carbocycles. The molecule has 8 aromatic rings. The lowest BCUT2D eigenvalue weighted by Gasteiger charge is -2.40. The van der Waals surface area contributed by atoms with Crippen LogP contribution in [-0.2, 0) is 0 Å². The maximum Gasteiger partial charge on any atom is 0.197 e. The fourth-order valence-corrected chi connectivity index (χ4v) is 9.12. The molecule has 7 heteroatoms. The molecule has 0 saturated heterocycles. The molecule has 8 aromatic carbocycles. The van der Waals surface area contributed by atoms with Crippen molar-refractivity contribution >= 4 is 75.5 Å². The molecule has 0 fully saturated rings. The Labute approximate surface area is 331 Å². The van der Waals surface area contributed by atoms with E-state index in [2.05, 4.69) is 181 Å². The van der Waals surface area contributed by atoms with Crippen molar-refractivity contribution in [3.63, 3.8) is 0 Å². The summed E-state index contributed by atoms with van der Waals surface area (Å²) < 4.78 is 13.1. The number of ether oxygens (including phenoxy) is 2. The van der Waals surface area contributed by atoms with Gasteiger partial charge in [0.2, 0.25) is 0 Å². The van der Waals surface area contributed by atoms with Gasteiger partial charge in [-0.1, -0.05) is 108 Å². The second kappa shape index (κ2) is 13.2. The number of nitrogens with one attached hydrogen (secondary N) is 1. The Morgan fingerprint density at radius 3 is 1.91 bits per heavy atom. The zero-order valence-corrected chi connectivity index (χ0v) is 31.3. The quantitative estimate of drug-likeness (QED) is 0.171. The van der Waals surface area contributed by atoms with Crippen molar-refractivity contribution in [2.45, 2.75) is 16.7 Å². The third-order valence-electron chi connectivity index (χ3n) is 10.6. The van der Waals surface area contributed by atoms with E-state index in [4.69, 9.17) is 9.47 Å². The number of fused-ring (bicyclic) bond motifs is 6. The van der Waals surface area contributed by atoms with Gasteiger partial charge in [0, 0.05) is 49.9 Å². The van der Waals surface area contributed by atoms with Crippen LogP contribution in [0.15, 0.2) is 186 Å². The first kappa shape index (κ1) is 32.6. The maximum atomic E-state index is 6.61. The summed E-state index contributed by atoms with van der Waals surface area (Å²) in [4.78, 5) is 7.27. The highest BCUT2D eigenvalue weighted by Gasteiger charge is 2.35. The van der Waals surface area contributed by atoms with Crippen molar-refractivity contribution in [2.75, 3.05) is 15.1 Å². The molecule has 0 atom stereocenters. The van der Waals surface area contributed by atoms with Crippen LogP contribution in [0, 0.1) is 6.92 Å². The monoisotopic (exact) mass is 738 g/mol. The maximum absolute atomic E-state index is 6.61. The first-order valence-electron chi connectivity index (χ1n) is 18.8. The zero-order chi connectivity index (χ0) is 37.2. The van der Waals surface area contributed by atoms with Gasteiger partial charge in [0.05, 0.1) is 17.1 Å². The van der Waals surface area contributed by atoms with Crippen molar-refractivity contribution in [1.82, 2.24) is 0 Å². The molecular weight excluding hydrogens is 705 g/mol. The van der Waals surface area contributed by atoms with E-state index in [-0.39, 0.29) is 0 Å². The molecule has 0 aliphatic carbocycles. The third-order valence-corrected chi connectivity index (χ3v) is 11.7. The summed E-state index contributed by atoms with van der Waals surface area (Å²) in [6, 6.07) is 61.7. The Bertz CT molecular complexity index is 2790. The fourth-order valence-electron chi connectivity index (χ4n) is 8.02. The first-order chi connectivity index (χ1) is 27.7. The van der Waals surface area contributed by atoms with Crippen LogP contribution >= 0.6 is 11.8 Å². The summed E-state index contributed by atoms with van der Waals surface area (Å²) in [6.07, 6.45) is 0. The number of rotatable bonds is 6. The van der Waals surface area contributed by atoms with Gasteiger partial charge < -0.3 is 24.6 Å². The van der Waals surface area contributed by atoms with Crippen molar-refractivity contribution in [3.05, 3.63) is 181 Å². The van der Waals surface area contributed by atoms with Gasteiger partial charge in [0.1, 0.15) is 0 Å². The third kappa shape index (κ3) is 5.42. The number of hydrogen-bond acceptors (Lipinski definition) is 6. The number of benzene rings is 8. The summed E-state index contributed by atoms with van der Waals surface area (Å²) >= 11 is 1.83. The lowest BCUT2D eigenvalue weighted by atomic mass is 9.58. The highest BCUT2D eigenvalue weighted by molar-refractivity contribution is 7.99. The molecule has 0 aromatic heterocycles. The smallest absolute Gasteiger partial charge is 0.197 e. The van der Waals surface area contributed by atoms with E-state index in [1.165, 1.54) is 20.9 Å². The van der Waals surface area contributed by atoms with Crippen molar-refractivity contribution in [2.24, 2.45) is 0 Å². The van der Waals surface area contributed by atoms with E-state index >= 15 is 0 Å². The molecule has 3 heterocycles. The van der Waals surface area contributed by atoms with Crippen LogP contribution in [-0.4, -0.2) is 7.28 Å². The molecule has 0 spiro atoms. The van der Waals surface area contributed by atoms with E-state index in [9.17, 15) is 0 Å². The summed E-state index contributed by atoms with van der Waals surface area (Å²) in [5, 5.41) is 3.83. The van der Waals surface area contributed by atoms with E-state index in [0.717, 1.165) is 62.0 Å². The van der Waals surface area contributed by atoms with Gasteiger partial charge in [-0.25, -0.2) is 0 Å². The molecule has 1 N–H and O–H groups in total. The van der Waals surface area contributed by atoms with Crippen LogP contribution in [0.5, 0.6) is 23.0 Å². The molecule has 265 valence electrons. The van der Waals surface area contributed by atoms with Crippen LogP contribution in [0.25, 0.3) is 11.1 Å². The SMILES string of the molecule is Cc1ccccc1Nc1cc2c(cc1-c1cc(N(c3ccccc3)c3ccccc3)cc3c1[B]c1cccc4c1N3c1ccccc1S4)Oc1ccccc1O2. The number of anilines is 8. The molecule has 11 rings (SSSR count). The lowest BCUT2D eigenvalue weighted by Crippen LogP contribution is -2.42. The van der Waals surface area contributed by atoms with Crippen LogP contribution in [0.4, 0.5) is 45.5 Å². The lowest BCUT2D eigenvalue weighted by molar-refractivity contribution is 0.360. The molecule has 5 nitrogen and oxygen atoms in total. The molecule has 3 aliphatic heterocycles. The number of aryl methyl sites for hydroxylation is 1. The van der Waals surface area contributed by atoms with Gasteiger partial charge >= 0.3 is 0 Å². The second-order valence-electron chi connectivity index (χ2n) is 14.1. The van der Waals surface area contributed by atoms with Gasteiger partial charge in [-0.05, 0) is 102 Å². The van der Waals surface area contributed by atoms with Gasteiger partial charge in [-0.3, -0.25) is 0 Å². The Morgan fingerprint density at radius 2 is 1.16 bits per heavy atom. The van der Waals surface area contributed by atoms with Crippen LogP contribution < -0.4 is 35.5 Å². The Balaban J connectivity index is 1.21. The standard InChI is InChI=1S/C49H33BN3O2S/c1-31-15-8-9-21-38(31)51-39-30-45-44(54-42-23-11-12-24-43(42)55-45)29-35(39)36-27-34(52(32-16-4-2-5-17-32)33-18-6-3-7-19-33)28-41-48(36)50-37-20-14-26-47-49(37)53(41)40-22-10-13-25-46(40)56-47/h2-30,51H,1H3. The molecular formula is C49H33BN3O2S. The van der Waals surface area contributed by atoms with E-state index < -0.39 is 0 Å². The second-order valence-corrected chi connectivity index (χ2v) is 15.2. The minimum atomic E-state index is 0.657. The molecule has 0 bridgehead atoms. The average molecular weight is 739 g/mol. The fraction of sp³-hybridized carbons (Fsp3) is 0.0204. The van der Waals surface area contributed by atoms with Crippen LogP contribution in [0.3, 0.4) is 0 Å². The minimum Gasteiger partial charge on any atom is -0.449 e. The summed E-state index contributed by atoms with van der Waals surface area (Å²) in [5.74, 6) is 2.70. The van der Waals surface area contributed by atoms with Crippen LogP contribution in [0.1, 0.15) is 5.56 Å². The highest BCUT2D eigenvalue weighted by atomic mass is 32.2. The summed E-state index contributed by atoms with van der Waals surface area (Å²) in [6.45, 7) is 2.13. The molecule has 0 unspecified atom stereocenters. The highest BCUT2D eigenvalue weighted by Crippen LogP contribution is 2.54. The van der Waals surface area contributed by atoms with Crippen molar-refractivity contribution in [3.8, 4) is 34.1 Å². The Kier molecular flexibility index (Phi) is 7.67. The van der Waals surface area contributed by atoms with Gasteiger partial charge in [0.15, 0.2) is 30.3 Å². The van der Waals surface area contributed by atoms with Gasteiger partial charge in [-0.15, -0.1) is 0 Å². The van der Waals surface area contributed by atoms with Gasteiger partial charge in [0.25, 0.3) is 0 Å². The average Bonchev–Trinajstić information content (AvgIpc) is 3.24. The minimum absolute atomic E-state index is 0.657. The summed E-state index contributed by atoms with van der Waals surface area (Å²) in [5.41, 5.74) is 14.0. The Hall–Kier alpha value is -6.83. The van der Waals surface area contributed by atoms with E-state index in [1.807, 2.05) is 36.0 Å². The Morgan fingerprint density at radius 1 is 0.518 bits per heavy atom. The zero-order valence-electron chi connectivity index (χ0n) is 30.4. The normalized spacial score (nSPS) is 12.7. The number of nitrogens with zero attached hydrogens (tertiary/aromatic N) is 2. The van der Waals surface area contributed by atoms with Crippen LogP contribution in [0.2, 0.25) is 0 Å². The molecule has 3 aliphatic rings. The van der Waals surface area contributed by atoms with Gasteiger partial charge in [-0.2, -0.15) is 0 Å². The predicted octanol–water partition coefficient (Wildman–Crippen LogP) is 12.7. The topological polar surface area (TPSA) is 37.0 Å². The van der Waals surface area contributed by atoms with E-state index in [1.54, 1.807) is 0 Å².